The minimum atomic E-state index is -3.46. The first kappa shape index (κ1) is 55.4. The molecular weight excluding hydrogens is 1000 g/mol. The number of nitrogens with zero attached hydrogens (tertiary/aromatic N) is 2. The number of fused-ring (bicyclic) bond motifs is 1. The second kappa shape index (κ2) is 26.8. The summed E-state index contributed by atoms with van der Waals surface area (Å²) >= 11 is 1.53. The van der Waals surface area contributed by atoms with Gasteiger partial charge >= 0.3 is 0 Å². The number of carbonyl (C=O) groups is 8. The Morgan fingerprint density at radius 3 is 2.20 bits per heavy atom. The molecule has 398 valence electrons. The molecule has 0 aromatic heterocycles. The van der Waals surface area contributed by atoms with Gasteiger partial charge in [0.05, 0.1) is 76.2 Å². The number of piperidine rings is 1. The van der Waals surface area contributed by atoms with Gasteiger partial charge in [-0.05, 0) is 48.2 Å². The Bertz CT molecular complexity index is 2630. The van der Waals surface area contributed by atoms with Crippen molar-refractivity contribution in [2.75, 3.05) is 91.0 Å². The molecule has 7 rings (SSSR count). The van der Waals surface area contributed by atoms with E-state index in [9.17, 15) is 46.8 Å². The van der Waals surface area contributed by atoms with Gasteiger partial charge < -0.3 is 45.0 Å². The monoisotopic (exact) mass is 1060 g/mol. The van der Waals surface area contributed by atoms with Gasteiger partial charge in [-0.3, -0.25) is 53.9 Å². The van der Waals surface area contributed by atoms with Gasteiger partial charge in [0.15, 0.2) is 6.61 Å². The molecular formula is C49H60N8O15S2. The second-order valence-electron chi connectivity index (χ2n) is 17.6. The Morgan fingerprint density at radius 1 is 0.811 bits per heavy atom. The van der Waals surface area contributed by atoms with Crippen LogP contribution in [0.2, 0.25) is 0 Å². The molecule has 4 heterocycles. The molecule has 3 aromatic carbocycles. The second-order valence-corrected chi connectivity index (χ2v) is 20.7. The average molecular weight is 1070 g/mol. The number of nitrogens with one attached hydrogen (secondary N) is 6. The molecule has 0 saturated carbocycles. The lowest BCUT2D eigenvalue weighted by Crippen LogP contribution is -2.54. The summed E-state index contributed by atoms with van der Waals surface area (Å²) in [5.41, 5.74) is 1.81. The number of carbonyl (C=O) groups excluding carboxylic acids is 8. The summed E-state index contributed by atoms with van der Waals surface area (Å²) in [5, 5.41) is 16.7. The highest BCUT2D eigenvalue weighted by atomic mass is 32.2. The van der Waals surface area contributed by atoms with E-state index in [-0.39, 0.29) is 121 Å². The predicted octanol–water partition coefficient (Wildman–Crippen LogP) is -0.177. The van der Waals surface area contributed by atoms with Crippen molar-refractivity contribution >= 4 is 69.0 Å². The number of thioether (sulfide) groups is 1. The highest BCUT2D eigenvalue weighted by Crippen LogP contribution is 2.34. The van der Waals surface area contributed by atoms with E-state index in [1.54, 1.807) is 24.3 Å². The first-order valence-corrected chi connectivity index (χ1v) is 27.0. The minimum Gasteiger partial charge on any atom is -0.483 e. The van der Waals surface area contributed by atoms with Crippen LogP contribution in [0, 0.1) is 5.92 Å². The first-order valence-electron chi connectivity index (χ1n) is 24.1. The largest absolute Gasteiger partial charge is 0.483 e. The molecule has 8 amide bonds. The zero-order valence-electron chi connectivity index (χ0n) is 40.7. The summed E-state index contributed by atoms with van der Waals surface area (Å²) in [5.74, 6) is -4.18. The molecule has 4 aliphatic rings. The van der Waals surface area contributed by atoms with Crippen LogP contribution in [0.15, 0.2) is 72.8 Å². The third-order valence-corrected chi connectivity index (χ3v) is 14.7. The third kappa shape index (κ3) is 15.4. The molecule has 25 heteroatoms. The zero-order valence-corrected chi connectivity index (χ0v) is 42.3. The Kier molecular flexibility index (Phi) is 20.0. The Hall–Kier alpha value is -6.32. The van der Waals surface area contributed by atoms with Crippen molar-refractivity contribution in [2.45, 2.75) is 49.5 Å². The number of imide groups is 2. The SMILES string of the molecule is CS(=O)(=O)N1CCC(C(=O)N[C@@H](COCc2ccc(C(=O)NCCOCCOCCOCCNC(=O)COc3cccc4c3C(=O)N(C3CCC(=O)NC3=O)C4=O)cc2)C(=O)NC2NC(c3ccccc3)CS2)C1. The molecule has 0 aliphatic carbocycles. The number of rotatable bonds is 27. The molecule has 23 nitrogen and oxygen atoms in total. The molecule has 0 bridgehead atoms. The molecule has 74 heavy (non-hydrogen) atoms. The summed E-state index contributed by atoms with van der Waals surface area (Å²) < 4.78 is 53.4. The standard InChI is InChI=1S/C49H60N8O15S2/c1-74(66,67)56-19-16-34(26-56)44(61)52-36(45(62)55-49-53-37(30-73-49)32-6-3-2-4-7-32)28-71-27-31-10-12-33(13-11-31)43(60)51-18-21-69-23-25-70-24-22-68-20-17-50-41(59)29-72-39-9-5-8-35-42(39)48(65)57(47(35)64)38-14-15-40(58)54-46(38)63/h2-13,34,36-38,49,53H,14-30H2,1H3,(H,50,59)(H,51,60)(H,52,61)(H,55,62)(H,54,58,63)/t34?,36-,37?,38?,49?/m0/s1. The number of hydrogen-bond donors (Lipinski definition) is 6. The average Bonchev–Trinajstić information content (AvgIpc) is 4.14. The fourth-order valence-corrected chi connectivity index (χ4v) is 10.4. The molecule has 3 fully saturated rings. The van der Waals surface area contributed by atoms with Crippen molar-refractivity contribution < 1.29 is 70.5 Å². The van der Waals surface area contributed by atoms with Crippen molar-refractivity contribution in [2.24, 2.45) is 5.92 Å². The van der Waals surface area contributed by atoms with Gasteiger partial charge in [0.1, 0.15) is 23.3 Å². The Morgan fingerprint density at radius 2 is 1.51 bits per heavy atom. The fraction of sp³-hybridized carbons (Fsp3) is 0.469. The molecule has 5 atom stereocenters. The van der Waals surface area contributed by atoms with E-state index in [1.807, 2.05) is 30.3 Å². The van der Waals surface area contributed by atoms with Gasteiger partial charge in [0.2, 0.25) is 33.7 Å². The molecule has 0 radical (unpaired) electrons. The minimum absolute atomic E-state index is 0.0107. The van der Waals surface area contributed by atoms with Crippen LogP contribution < -0.4 is 36.6 Å². The molecule has 3 aromatic rings. The summed E-state index contributed by atoms with van der Waals surface area (Å²) in [6.07, 6.45) is 1.44. The molecule has 4 aliphatic heterocycles. The molecule has 3 saturated heterocycles. The third-order valence-electron chi connectivity index (χ3n) is 12.3. The van der Waals surface area contributed by atoms with E-state index in [2.05, 4.69) is 31.9 Å². The van der Waals surface area contributed by atoms with E-state index in [0.717, 1.165) is 28.0 Å². The smallest absolute Gasteiger partial charge is 0.266 e. The summed E-state index contributed by atoms with van der Waals surface area (Å²) in [6, 6.07) is 18.8. The summed E-state index contributed by atoms with van der Waals surface area (Å²) in [4.78, 5) is 103. The van der Waals surface area contributed by atoms with E-state index < -0.39 is 81.5 Å². The highest BCUT2D eigenvalue weighted by Gasteiger charge is 2.46. The first-order chi connectivity index (χ1) is 35.7. The molecule has 4 unspecified atom stereocenters. The predicted molar refractivity (Wildman–Crippen MR) is 266 cm³/mol. The zero-order chi connectivity index (χ0) is 52.6. The van der Waals surface area contributed by atoms with E-state index in [4.69, 9.17) is 23.7 Å². The maximum absolute atomic E-state index is 13.6. The lowest BCUT2D eigenvalue weighted by molar-refractivity contribution is -0.136. The quantitative estimate of drug-likeness (QED) is 0.0427. The Labute approximate surface area is 431 Å². The van der Waals surface area contributed by atoms with Crippen LogP contribution in [0.1, 0.15) is 67.5 Å². The normalized spacial score (nSPS) is 20.2. The van der Waals surface area contributed by atoms with E-state index in [0.29, 0.717) is 12.0 Å². The van der Waals surface area contributed by atoms with Crippen molar-refractivity contribution in [1.29, 1.82) is 0 Å². The van der Waals surface area contributed by atoms with Crippen molar-refractivity contribution in [1.82, 2.24) is 41.1 Å². The Balaban J connectivity index is 0.721. The van der Waals surface area contributed by atoms with Crippen LogP contribution in [0.5, 0.6) is 5.75 Å². The molecule has 6 N–H and O–H groups in total. The number of hydrogen-bond acceptors (Lipinski definition) is 17. The van der Waals surface area contributed by atoms with Gasteiger partial charge in [-0.25, -0.2) is 12.7 Å². The topological polar surface area (TPSA) is 296 Å². The maximum Gasteiger partial charge on any atom is 0.266 e. The number of sulfonamides is 1. The molecule has 0 spiro atoms. The van der Waals surface area contributed by atoms with Gasteiger partial charge in [0, 0.05) is 50.0 Å². The van der Waals surface area contributed by atoms with Gasteiger partial charge in [-0.15, -0.1) is 11.8 Å². The van der Waals surface area contributed by atoms with Crippen LogP contribution in [0.4, 0.5) is 0 Å². The van der Waals surface area contributed by atoms with Gasteiger partial charge in [0.25, 0.3) is 23.6 Å². The van der Waals surface area contributed by atoms with Gasteiger partial charge in [-0.1, -0.05) is 48.5 Å². The van der Waals surface area contributed by atoms with Crippen molar-refractivity contribution in [3.05, 3.63) is 101 Å². The lowest BCUT2D eigenvalue weighted by atomic mass is 10.0. The summed E-state index contributed by atoms with van der Waals surface area (Å²) in [7, 11) is -3.46. The van der Waals surface area contributed by atoms with Crippen LogP contribution in [-0.2, 0) is 59.6 Å². The summed E-state index contributed by atoms with van der Waals surface area (Å²) in [6.45, 7) is 1.68. The lowest BCUT2D eigenvalue weighted by Gasteiger charge is -2.27. The van der Waals surface area contributed by atoms with Crippen LogP contribution in [0.3, 0.4) is 0 Å². The van der Waals surface area contributed by atoms with E-state index >= 15 is 0 Å². The van der Waals surface area contributed by atoms with Gasteiger partial charge in [-0.2, -0.15) is 0 Å². The highest BCUT2D eigenvalue weighted by molar-refractivity contribution is 8.00. The van der Waals surface area contributed by atoms with E-state index in [1.165, 1.54) is 34.3 Å². The van der Waals surface area contributed by atoms with Crippen LogP contribution in [0.25, 0.3) is 0 Å². The maximum atomic E-state index is 13.6. The number of benzene rings is 3. The van der Waals surface area contributed by atoms with Crippen LogP contribution >= 0.6 is 11.8 Å². The van der Waals surface area contributed by atoms with Crippen molar-refractivity contribution in [3.63, 3.8) is 0 Å². The van der Waals surface area contributed by atoms with Crippen molar-refractivity contribution in [3.8, 4) is 5.75 Å². The fourth-order valence-electron chi connectivity index (χ4n) is 8.37. The number of amides is 8. The van der Waals surface area contributed by atoms with Crippen LogP contribution in [-0.4, -0.2) is 174 Å². The number of ether oxygens (including phenoxy) is 5.